The third-order valence-electron chi connectivity index (χ3n) is 6.53. The molecule has 1 amide bonds. The molecule has 3 unspecified atom stereocenters. The van der Waals surface area contributed by atoms with Crippen molar-refractivity contribution in [3.8, 4) is 0 Å². The summed E-state index contributed by atoms with van der Waals surface area (Å²) in [5.41, 5.74) is 2.55. The largest absolute Gasteiger partial charge is 0.354 e. The summed E-state index contributed by atoms with van der Waals surface area (Å²) in [5.74, 6) is 0.769. The van der Waals surface area contributed by atoms with Gasteiger partial charge in [-0.05, 0) is 62.2 Å². The van der Waals surface area contributed by atoms with E-state index in [1.807, 2.05) is 17.9 Å². The van der Waals surface area contributed by atoms with Gasteiger partial charge in [0.15, 0.2) is 0 Å². The first kappa shape index (κ1) is 19.7. The molecule has 0 aromatic carbocycles. The van der Waals surface area contributed by atoms with E-state index >= 15 is 0 Å². The summed E-state index contributed by atoms with van der Waals surface area (Å²) in [4.78, 5) is 15.2. The topological polar surface area (TPSA) is 69.7 Å². The number of rotatable bonds is 3. The number of carbonyl (C=O) groups is 1. The minimum absolute atomic E-state index is 0.0454. The lowest BCUT2D eigenvalue weighted by atomic mass is 9.92. The second kappa shape index (κ2) is 7.34. The number of hydrogen-bond donors (Lipinski definition) is 1. The van der Waals surface area contributed by atoms with Crippen molar-refractivity contribution in [3.63, 3.8) is 0 Å². The molecule has 0 spiro atoms. The number of amides is 1. The van der Waals surface area contributed by atoms with Gasteiger partial charge in [0.25, 0.3) is 5.91 Å². The van der Waals surface area contributed by atoms with Crippen LogP contribution in [-0.2, 0) is 14.8 Å². The van der Waals surface area contributed by atoms with E-state index in [9.17, 15) is 13.2 Å². The van der Waals surface area contributed by atoms with E-state index < -0.39 is 10.0 Å². The number of likely N-dealkylation sites (tertiary alicyclic amines) is 1. The Morgan fingerprint density at radius 1 is 1.11 bits per heavy atom. The summed E-state index contributed by atoms with van der Waals surface area (Å²) in [6.45, 7) is 9.01. The average molecular weight is 406 g/mol. The van der Waals surface area contributed by atoms with E-state index in [1.54, 1.807) is 10.4 Å². The van der Waals surface area contributed by atoms with Gasteiger partial charge < -0.3 is 10.2 Å². The number of nitrogens with zero attached hydrogens (tertiary/aromatic N) is 2. The van der Waals surface area contributed by atoms with Crippen molar-refractivity contribution in [3.05, 3.63) is 34.0 Å². The van der Waals surface area contributed by atoms with Crippen LogP contribution < -0.4 is 5.32 Å². The van der Waals surface area contributed by atoms with Gasteiger partial charge in [0, 0.05) is 37.8 Å². The van der Waals surface area contributed by atoms with Crippen molar-refractivity contribution in [1.29, 1.82) is 0 Å². The Kier molecular flexibility index (Phi) is 5.16. The zero-order chi connectivity index (χ0) is 20.1. The highest BCUT2D eigenvalue weighted by molar-refractivity contribution is 7.93. The molecule has 4 aliphatic rings. The summed E-state index contributed by atoms with van der Waals surface area (Å²) in [5, 5.41) is 3.28. The molecule has 7 heteroatoms. The van der Waals surface area contributed by atoms with Crippen molar-refractivity contribution in [2.45, 2.75) is 46.5 Å². The number of allylic oxidation sites excluding steroid dienone is 4. The first-order valence-corrected chi connectivity index (χ1v) is 11.9. The van der Waals surface area contributed by atoms with Gasteiger partial charge in [0.1, 0.15) is 5.70 Å². The molecule has 0 bridgehead atoms. The Hall–Kier alpha value is -1.60. The van der Waals surface area contributed by atoms with Crippen LogP contribution in [0, 0.1) is 17.8 Å². The van der Waals surface area contributed by atoms with E-state index in [0.717, 1.165) is 43.6 Å². The van der Waals surface area contributed by atoms with Gasteiger partial charge in [-0.1, -0.05) is 13.8 Å². The van der Waals surface area contributed by atoms with E-state index in [-0.39, 0.29) is 11.8 Å². The highest BCUT2D eigenvalue weighted by Crippen LogP contribution is 2.40. The van der Waals surface area contributed by atoms with Crippen molar-refractivity contribution in [2.75, 3.05) is 26.2 Å². The monoisotopic (exact) mass is 405 g/mol. The quantitative estimate of drug-likeness (QED) is 0.784. The molecule has 3 heterocycles. The molecule has 1 N–H and O–H groups in total. The van der Waals surface area contributed by atoms with Crippen LogP contribution in [0.25, 0.3) is 0 Å². The molecule has 3 atom stereocenters. The van der Waals surface area contributed by atoms with Crippen LogP contribution in [0.5, 0.6) is 0 Å². The SMILES string of the molecule is CC1=C(C(=O)N2CCCC2)NC2=CC=C(S(=O)(=O)N3CC(C)CC(C)C3)CC21. The first-order chi connectivity index (χ1) is 13.3. The zero-order valence-electron chi connectivity index (χ0n) is 17.1. The lowest BCUT2D eigenvalue weighted by Gasteiger charge is -2.35. The molecule has 0 radical (unpaired) electrons. The van der Waals surface area contributed by atoms with Gasteiger partial charge >= 0.3 is 0 Å². The van der Waals surface area contributed by atoms with E-state index in [4.69, 9.17) is 0 Å². The van der Waals surface area contributed by atoms with Crippen LogP contribution in [0.2, 0.25) is 0 Å². The van der Waals surface area contributed by atoms with E-state index in [2.05, 4.69) is 19.2 Å². The van der Waals surface area contributed by atoms with Gasteiger partial charge in [-0.25, -0.2) is 8.42 Å². The molecular weight excluding hydrogens is 374 g/mol. The standard InChI is InChI=1S/C21H31N3O3S/c1-14-10-15(2)13-24(12-14)28(26,27)17-6-7-19-18(11-17)16(3)20(22-19)21(25)23-8-4-5-9-23/h6-7,14-15,18,22H,4-5,8-13H2,1-3H3. The van der Waals surface area contributed by atoms with Crippen LogP contribution in [0.15, 0.2) is 34.0 Å². The fraction of sp³-hybridized carbons (Fsp3) is 0.667. The first-order valence-electron chi connectivity index (χ1n) is 10.5. The molecule has 2 fully saturated rings. The van der Waals surface area contributed by atoms with Crippen LogP contribution >= 0.6 is 0 Å². The molecule has 4 rings (SSSR count). The minimum Gasteiger partial charge on any atom is -0.354 e. The summed E-state index contributed by atoms with van der Waals surface area (Å²) in [6, 6.07) is 0. The molecule has 0 aromatic rings. The van der Waals surface area contributed by atoms with E-state index in [0.29, 0.717) is 41.9 Å². The molecule has 0 saturated carbocycles. The second-order valence-corrected chi connectivity index (χ2v) is 11.0. The molecule has 1 aliphatic carbocycles. The number of hydrogen-bond acceptors (Lipinski definition) is 4. The van der Waals surface area contributed by atoms with E-state index in [1.165, 1.54) is 0 Å². The molecule has 154 valence electrons. The third kappa shape index (κ3) is 3.43. The highest BCUT2D eigenvalue weighted by Gasteiger charge is 2.39. The van der Waals surface area contributed by atoms with Crippen LogP contribution in [0.3, 0.4) is 0 Å². The van der Waals surface area contributed by atoms with Crippen LogP contribution in [0.4, 0.5) is 0 Å². The Labute approximate surface area is 168 Å². The normalized spacial score (nSPS) is 31.4. The fourth-order valence-corrected chi connectivity index (χ4v) is 6.92. The van der Waals surface area contributed by atoms with Gasteiger partial charge in [0.2, 0.25) is 10.0 Å². The fourth-order valence-electron chi connectivity index (χ4n) is 5.07. The molecule has 28 heavy (non-hydrogen) atoms. The molecule has 2 saturated heterocycles. The Bertz CT molecular complexity index is 855. The Morgan fingerprint density at radius 3 is 2.39 bits per heavy atom. The maximum Gasteiger partial charge on any atom is 0.270 e. The van der Waals surface area contributed by atoms with Crippen molar-refractivity contribution in [2.24, 2.45) is 17.8 Å². The number of nitrogens with one attached hydrogen (secondary N) is 1. The number of fused-ring (bicyclic) bond motifs is 1. The van der Waals surface area contributed by atoms with Gasteiger partial charge in [-0.3, -0.25) is 4.79 Å². The minimum atomic E-state index is -3.46. The predicted octanol–water partition coefficient (Wildman–Crippen LogP) is 2.58. The molecule has 0 aromatic heterocycles. The lowest BCUT2D eigenvalue weighted by molar-refractivity contribution is -0.126. The number of sulfonamides is 1. The van der Waals surface area contributed by atoms with Crippen molar-refractivity contribution >= 4 is 15.9 Å². The van der Waals surface area contributed by atoms with Gasteiger partial charge in [-0.15, -0.1) is 0 Å². The second-order valence-electron chi connectivity index (χ2n) is 8.96. The van der Waals surface area contributed by atoms with Crippen LogP contribution in [0.1, 0.15) is 46.5 Å². The third-order valence-corrected chi connectivity index (χ3v) is 8.47. The summed E-state index contributed by atoms with van der Waals surface area (Å²) >= 11 is 0. The Balaban J connectivity index is 1.54. The maximum absolute atomic E-state index is 13.3. The smallest absolute Gasteiger partial charge is 0.270 e. The summed E-state index contributed by atoms with van der Waals surface area (Å²) in [6.07, 6.45) is 7.20. The number of carbonyl (C=O) groups excluding carboxylic acids is 1. The maximum atomic E-state index is 13.3. The van der Waals surface area contributed by atoms with Gasteiger partial charge in [-0.2, -0.15) is 4.31 Å². The molecule has 6 nitrogen and oxygen atoms in total. The summed E-state index contributed by atoms with van der Waals surface area (Å²) in [7, 11) is -3.46. The van der Waals surface area contributed by atoms with Gasteiger partial charge in [0.05, 0.1) is 4.91 Å². The average Bonchev–Trinajstić information content (AvgIpc) is 3.29. The van der Waals surface area contributed by atoms with Crippen molar-refractivity contribution < 1.29 is 13.2 Å². The predicted molar refractivity (Wildman–Crippen MR) is 109 cm³/mol. The molecule has 3 aliphatic heterocycles. The highest BCUT2D eigenvalue weighted by atomic mass is 32.2. The Morgan fingerprint density at radius 2 is 1.75 bits per heavy atom. The van der Waals surface area contributed by atoms with Crippen LogP contribution in [-0.4, -0.2) is 49.7 Å². The lowest BCUT2D eigenvalue weighted by Crippen LogP contribution is -2.43. The zero-order valence-corrected chi connectivity index (χ0v) is 17.9. The molecular formula is C21H31N3O3S. The number of piperidine rings is 1. The van der Waals surface area contributed by atoms with Crippen molar-refractivity contribution in [1.82, 2.24) is 14.5 Å². The summed E-state index contributed by atoms with van der Waals surface area (Å²) < 4.78 is 28.2.